The summed E-state index contributed by atoms with van der Waals surface area (Å²) in [7, 11) is 0. The van der Waals surface area contributed by atoms with Crippen LogP contribution in [0.15, 0.2) is 40.9 Å². The molecule has 0 saturated carbocycles. The molecule has 23 heavy (non-hydrogen) atoms. The maximum atomic E-state index is 13.5. The van der Waals surface area contributed by atoms with E-state index in [4.69, 9.17) is 4.74 Å². The molecule has 120 valence electrons. The molecule has 0 spiro atoms. The summed E-state index contributed by atoms with van der Waals surface area (Å²) in [6, 6.07) is 7.98. The predicted molar refractivity (Wildman–Crippen MR) is 84.1 cm³/mol. The summed E-state index contributed by atoms with van der Waals surface area (Å²) in [5.74, 6) is -2.83. The van der Waals surface area contributed by atoms with Crippen molar-refractivity contribution in [2.45, 2.75) is 6.92 Å². The van der Waals surface area contributed by atoms with Crippen LogP contribution < -0.4 is 5.32 Å². The maximum absolute atomic E-state index is 13.5. The third kappa shape index (κ3) is 4.59. The lowest BCUT2D eigenvalue weighted by atomic mass is 10.2. The van der Waals surface area contributed by atoms with Gasteiger partial charge in [-0.15, -0.1) is 0 Å². The highest BCUT2D eigenvalue weighted by molar-refractivity contribution is 9.10. The van der Waals surface area contributed by atoms with Crippen molar-refractivity contribution in [1.82, 2.24) is 0 Å². The summed E-state index contributed by atoms with van der Waals surface area (Å²) < 4.78 is 32.1. The van der Waals surface area contributed by atoms with Crippen LogP contribution in [0.1, 0.15) is 15.9 Å². The first-order valence-corrected chi connectivity index (χ1v) is 7.34. The second kappa shape index (κ2) is 7.32. The minimum absolute atomic E-state index is 0.239. The summed E-state index contributed by atoms with van der Waals surface area (Å²) in [6.45, 7) is 0.982. The molecular weight excluding hydrogens is 372 g/mol. The molecule has 2 aromatic rings. The smallest absolute Gasteiger partial charge is 0.341 e. The molecule has 0 heterocycles. The average Bonchev–Trinajstić information content (AvgIpc) is 2.51. The number of carbonyl (C=O) groups excluding carboxylic acids is 2. The number of esters is 1. The number of hydrogen-bond donors (Lipinski definition) is 1. The van der Waals surface area contributed by atoms with E-state index in [9.17, 15) is 18.4 Å². The molecule has 2 aromatic carbocycles. The average molecular weight is 384 g/mol. The van der Waals surface area contributed by atoms with Crippen molar-refractivity contribution in [2.24, 2.45) is 0 Å². The molecule has 0 unspecified atom stereocenters. The Morgan fingerprint density at radius 1 is 1.13 bits per heavy atom. The number of halogens is 3. The van der Waals surface area contributed by atoms with Crippen LogP contribution in [0.5, 0.6) is 0 Å². The number of carbonyl (C=O) groups is 2. The predicted octanol–water partition coefficient (Wildman–Crippen LogP) is 3.83. The van der Waals surface area contributed by atoms with E-state index in [0.29, 0.717) is 10.0 Å². The second-order valence-electron chi connectivity index (χ2n) is 4.71. The van der Waals surface area contributed by atoms with E-state index in [0.717, 1.165) is 12.1 Å². The maximum Gasteiger partial charge on any atom is 0.341 e. The fourth-order valence-electron chi connectivity index (χ4n) is 1.73. The van der Waals surface area contributed by atoms with Gasteiger partial charge in [-0.05, 0) is 42.8 Å². The molecule has 1 N–H and O–H groups in total. The number of aryl methyl sites for hydroxylation is 1. The van der Waals surface area contributed by atoms with Crippen LogP contribution in [0.25, 0.3) is 0 Å². The Balaban J connectivity index is 1.94. The number of amides is 1. The highest BCUT2D eigenvalue weighted by atomic mass is 79.9. The van der Waals surface area contributed by atoms with E-state index in [1.54, 1.807) is 6.92 Å². The highest BCUT2D eigenvalue weighted by Crippen LogP contribution is 2.17. The fourth-order valence-corrected chi connectivity index (χ4v) is 2.09. The molecule has 0 aromatic heterocycles. The lowest BCUT2D eigenvalue weighted by Gasteiger charge is -2.08. The Morgan fingerprint density at radius 2 is 1.87 bits per heavy atom. The third-order valence-electron chi connectivity index (χ3n) is 2.94. The van der Waals surface area contributed by atoms with Gasteiger partial charge in [0.15, 0.2) is 6.61 Å². The molecule has 0 aliphatic rings. The van der Waals surface area contributed by atoms with E-state index in [1.807, 2.05) is 0 Å². The van der Waals surface area contributed by atoms with Gasteiger partial charge in [0.2, 0.25) is 0 Å². The molecule has 2 rings (SSSR count). The van der Waals surface area contributed by atoms with Gasteiger partial charge < -0.3 is 10.1 Å². The Labute approximate surface area is 139 Å². The Hall–Kier alpha value is -2.28. The number of anilines is 1. The van der Waals surface area contributed by atoms with E-state index in [1.165, 1.54) is 24.3 Å². The van der Waals surface area contributed by atoms with Gasteiger partial charge in [-0.3, -0.25) is 4.79 Å². The summed E-state index contributed by atoms with van der Waals surface area (Å²) in [5.41, 5.74) is 0.399. The molecule has 4 nitrogen and oxygen atoms in total. The first-order chi connectivity index (χ1) is 10.9. The quantitative estimate of drug-likeness (QED) is 0.816. The van der Waals surface area contributed by atoms with Gasteiger partial charge in [0.25, 0.3) is 5.91 Å². The van der Waals surface area contributed by atoms with Crippen LogP contribution in [-0.4, -0.2) is 18.5 Å². The van der Waals surface area contributed by atoms with Crippen molar-refractivity contribution in [3.8, 4) is 0 Å². The van der Waals surface area contributed by atoms with Gasteiger partial charge in [0, 0.05) is 10.2 Å². The van der Waals surface area contributed by atoms with Crippen LogP contribution in [-0.2, 0) is 9.53 Å². The molecule has 0 aliphatic heterocycles. The van der Waals surface area contributed by atoms with Crippen molar-refractivity contribution in [1.29, 1.82) is 0 Å². The molecule has 0 aliphatic carbocycles. The number of ether oxygens (including phenoxy) is 1. The molecular formula is C16H12BrF2NO3. The Kier molecular flexibility index (Phi) is 5.44. The Morgan fingerprint density at radius 3 is 2.57 bits per heavy atom. The number of rotatable bonds is 4. The summed E-state index contributed by atoms with van der Waals surface area (Å²) >= 11 is 3.11. The summed E-state index contributed by atoms with van der Waals surface area (Å²) in [4.78, 5) is 23.4. The monoisotopic (exact) mass is 383 g/mol. The summed E-state index contributed by atoms with van der Waals surface area (Å²) in [5, 5.41) is 2.38. The third-order valence-corrected chi connectivity index (χ3v) is 3.43. The summed E-state index contributed by atoms with van der Waals surface area (Å²) in [6.07, 6.45) is 0. The van der Waals surface area contributed by atoms with E-state index in [2.05, 4.69) is 21.2 Å². The van der Waals surface area contributed by atoms with Crippen LogP contribution in [0.3, 0.4) is 0 Å². The molecule has 7 heteroatoms. The van der Waals surface area contributed by atoms with E-state index in [-0.39, 0.29) is 11.3 Å². The normalized spacial score (nSPS) is 10.3. The zero-order valence-electron chi connectivity index (χ0n) is 12.0. The Bertz CT molecular complexity index is 765. The van der Waals surface area contributed by atoms with E-state index >= 15 is 0 Å². The van der Waals surface area contributed by atoms with Gasteiger partial charge >= 0.3 is 5.97 Å². The van der Waals surface area contributed by atoms with Crippen LogP contribution in [0.2, 0.25) is 0 Å². The highest BCUT2D eigenvalue weighted by Gasteiger charge is 2.15. The molecule has 0 saturated heterocycles. The van der Waals surface area contributed by atoms with E-state index < -0.39 is 30.1 Å². The largest absolute Gasteiger partial charge is 0.452 e. The zero-order valence-corrected chi connectivity index (χ0v) is 13.6. The standard InChI is InChI=1S/C16H12BrF2NO3/c1-9-2-4-11(7-14(9)19)20-15(21)8-23-16(22)12-6-10(17)3-5-13(12)18/h2-7H,8H2,1H3,(H,20,21). The first-order valence-electron chi connectivity index (χ1n) is 6.55. The van der Waals surface area contributed by atoms with Crippen molar-refractivity contribution in [3.63, 3.8) is 0 Å². The molecule has 0 atom stereocenters. The van der Waals surface area contributed by atoms with Crippen LogP contribution >= 0.6 is 15.9 Å². The van der Waals surface area contributed by atoms with Gasteiger partial charge in [-0.1, -0.05) is 22.0 Å². The van der Waals surface area contributed by atoms with Crippen LogP contribution in [0.4, 0.5) is 14.5 Å². The van der Waals surface area contributed by atoms with Gasteiger partial charge in [-0.2, -0.15) is 0 Å². The van der Waals surface area contributed by atoms with Crippen LogP contribution in [0, 0.1) is 18.6 Å². The first kappa shape index (κ1) is 17.1. The minimum atomic E-state index is -0.964. The van der Waals surface area contributed by atoms with Gasteiger partial charge in [-0.25, -0.2) is 13.6 Å². The van der Waals surface area contributed by atoms with Crippen molar-refractivity contribution in [2.75, 3.05) is 11.9 Å². The number of hydrogen-bond acceptors (Lipinski definition) is 3. The number of nitrogens with one attached hydrogen (secondary N) is 1. The molecule has 1 amide bonds. The van der Waals surface area contributed by atoms with Crippen molar-refractivity contribution >= 4 is 33.5 Å². The lowest BCUT2D eigenvalue weighted by Crippen LogP contribution is -2.21. The zero-order chi connectivity index (χ0) is 17.0. The molecule has 0 radical (unpaired) electrons. The minimum Gasteiger partial charge on any atom is -0.452 e. The molecule has 0 bridgehead atoms. The lowest BCUT2D eigenvalue weighted by molar-refractivity contribution is -0.119. The molecule has 0 fully saturated rings. The van der Waals surface area contributed by atoms with Crippen molar-refractivity contribution < 1.29 is 23.1 Å². The van der Waals surface area contributed by atoms with Gasteiger partial charge in [0.1, 0.15) is 11.6 Å². The van der Waals surface area contributed by atoms with Gasteiger partial charge in [0.05, 0.1) is 5.56 Å². The topological polar surface area (TPSA) is 55.4 Å². The SMILES string of the molecule is Cc1ccc(NC(=O)COC(=O)c2cc(Br)ccc2F)cc1F. The second-order valence-corrected chi connectivity index (χ2v) is 5.63. The fraction of sp³-hybridized carbons (Fsp3) is 0.125. The van der Waals surface area contributed by atoms with Crippen molar-refractivity contribution in [3.05, 3.63) is 63.6 Å². The number of benzene rings is 2.